The lowest BCUT2D eigenvalue weighted by atomic mass is 9.68. The fourth-order valence-corrected chi connectivity index (χ4v) is 14.3. The number of carbonyl (C=O) groups is 5. The number of benzene rings is 6. The lowest BCUT2D eigenvalue weighted by Gasteiger charge is -2.44. The Bertz CT molecular complexity index is 3780. The maximum atomic E-state index is 13.9. The number of amides is 5. The van der Waals surface area contributed by atoms with Gasteiger partial charge in [0, 0.05) is 110 Å². The van der Waals surface area contributed by atoms with Gasteiger partial charge in [0.25, 0.3) is 11.8 Å². The quantitative estimate of drug-likeness (QED) is 0.0390. The van der Waals surface area contributed by atoms with E-state index in [1.54, 1.807) is 40.9 Å². The van der Waals surface area contributed by atoms with Gasteiger partial charge in [0.2, 0.25) is 11.8 Å². The van der Waals surface area contributed by atoms with E-state index in [0.29, 0.717) is 97.6 Å². The molecule has 1 aliphatic carbocycles. The van der Waals surface area contributed by atoms with Crippen LogP contribution in [0.3, 0.4) is 0 Å². The Hall–Kier alpha value is -8.29. The minimum Gasteiger partial charge on any atom is -0.496 e. The van der Waals surface area contributed by atoms with Gasteiger partial charge in [0.15, 0.2) is 0 Å². The van der Waals surface area contributed by atoms with E-state index in [0.717, 1.165) is 106 Å². The van der Waals surface area contributed by atoms with Crippen LogP contribution in [0.5, 0.6) is 5.75 Å². The van der Waals surface area contributed by atoms with Crippen molar-refractivity contribution in [2.24, 2.45) is 5.92 Å². The van der Waals surface area contributed by atoms with Gasteiger partial charge in [-0.3, -0.25) is 24.5 Å². The maximum Gasteiger partial charge on any atom is 0.416 e. The standard InChI is InChI=1S/C43H59ClN6O7.C34H33F7N2O2/c1-47(41(52)31-55-4)23-14-24-49(3)42(53)35-29-36(44)38(30-39(35)56-5)45-22-13-7-10-19-40(51)48(2)27-28-50-25-20-33(21-26-50)57-43(54)46-37-18-12-11-17-34(37)32-15-8-6-9-16-32;1-22-16-23-4-2-3-5-29(23)31(22)10-13-42(14-11-31)15-12-32(25-6-8-28(35)9-7-25)20-43(21-45-32)30(44)24-17-26(33(36,37)38)19-27(18-24)34(39,40)41/h6,8-9,11-12,15-18,29-30,33,45H,7,10,13-14,19-28,31H2,1-5H3,(H,46,54);2-9,17-19,22H,10-16,20-21H2,1H3/t;22-,32-/m.0/s1. The molecule has 102 heavy (non-hydrogen) atoms. The van der Waals surface area contributed by atoms with Crippen LogP contribution >= 0.6 is 11.6 Å². The number of rotatable bonds is 26. The zero-order chi connectivity index (χ0) is 73.4. The Labute approximate surface area is 597 Å². The van der Waals surface area contributed by atoms with Gasteiger partial charge in [-0.25, -0.2) is 9.18 Å². The Morgan fingerprint density at radius 3 is 2.00 bits per heavy atom. The van der Waals surface area contributed by atoms with Gasteiger partial charge in [0.1, 0.15) is 36.6 Å². The van der Waals surface area contributed by atoms with Gasteiger partial charge < -0.3 is 53.7 Å². The number of para-hydroxylation sites is 1. The predicted molar refractivity (Wildman–Crippen MR) is 378 cm³/mol. The predicted octanol–water partition coefficient (Wildman–Crippen LogP) is 14.5. The molecule has 3 aliphatic heterocycles. The van der Waals surface area contributed by atoms with Gasteiger partial charge in [-0.1, -0.05) is 110 Å². The summed E-state index contributed by atoms with van der Waals surface area (Å²) in [6.07, 6.45) is -2.28. The van der Waals surface area contributed by atoms with Gasteiger partial charge >= 0.3 is 18.4 Å². The van der Waals surface area contributed by atoms with Gasteiger partial charge in [-0.2, -0.15) is 26.3 Å². The van der Waals surface area contributed by atoms with E-state index < -0.39 is 52.5 Å². The lowest BCUT2D eigenvalue weighted by Crippen LogP contribution is -2.46. The molecule has 0 aromatic heterocycles. The normalized spacial score (nSPS) is 17.7. The van der Waals surface area contributed by atoms with Gasteiger partial charge in [-0.15, -0.1) is 0 Å². The van der Waals surface area contributed by atoms with E-state index in [-0.39, 0.29) is 55.2 Å². The van der Waals surface area contributed by atoms with Gasteiger partial charge in [0.05, 0.1) is 46.7 Å². The second-order valence-corrected chi connectivity index (χ2v) is 27.4. The number of hydrogen-bond acceptors (Lipinski definition) is 12. The average Bonchev–Trinajstić information content (AvgIpc) is 1.60. The third-order valence-corrected chi connectivity index (χ3v) is 20.5. The molecule has 25 heteroatoms. The number of likely N-dealkylation sites (tertiary alicyclic amines) is 2. The largest absolute Gasteiger partial charge is 0.496 e. The van der Waals surface area contributed by atoms with Crippen LogP contribution in [0.25, 0.3) is 11.1 Å². The highest BCUT2D eigenvalue weighted by Gasteiger charge is 2.48. The van der Waals surface area contributed by atoms with Crippen molar-refractivity contribution in [1.29, 1.82) is 0 Å². The van der Waals surface area contributed by atoms with Crippen LogP contribution in [0.15, 0.2) is 133 Å². The van der Waals surface area contributed by atoms with Crippen molar-refractivity contribution in [3.63, 3.8) is 0 Å². The van der Waals surface area contributed by atoms with Crippen LogP contribution in [0.1, 0.15) is 120 Å². The highest BCUT2D eigenvalue weighted by Crippen LogP contribution is 2.50. The smallest absolute Gasteiger partial charge is 0.416 e. The fraction of sp³-hybridized carbons (Fsp3) is 0.468. The molecule has 6 aromatic rings. The maximum absolute atomic E-state index is 13.9. The SMILES string of the molecule is COCC(=O)N(C)CCCN(C)C(=O)c1cc(Cl)c(NCCCCCC(=O)N(C)CCN2CCC(OC(=O)Nc3ccccc3-c3ccccc3)CC2)cc1OC.C[C@H]1Cc2ccccc2C12CCN(CC[C@@]1(c3ccc(F)cc3)CN(C(=O)c3cc(C(F)(F)F)cc(C(F)(F)F)c3)CO1)CC2. The Kier molecular flexibility index (Phi) is 26.9. The first-order valence-electron chi connectivity index (χ1n) is 34.7. The van der Waals surface area contributed by atoms with E-state index in [4.69, 9.17) is 30.5 Å². The van der Waals surface area contributed by atoms with Crippen molar-refractivity contribution in [2.75, 3.05) is 131 Å². The lowest BCUT2D eigenvalue weighted by molar-refractivity contribution is -0.143. The van der Waals surface area contributed by atoms with Crippen LogP contribution in [-0.4, -0.2) is 186 Å². The van der Waals surface area contributed by atoms with Crippen LogP contribution in [-0.2, 0) is 53.6 Å². The summed E-state index contributed by atoms with van der Waals surface area (Å²) in [5, 5.41) is 6.68. The van der Waals surface area contributed by atoms with E-state index in [1.165, 1.54) is 49.6 Å². The van der Waals surface area contributed by atoms with Crippen molar-refractivity contribution in [2.45, 2.75) is 107 Å². The molecule has 10 rings (SSSR count). The number of likely N-dealkylation sites (N-methyl/N-ethyl adjacent to an activating group) is 2. The monoisotopic (exact) mass is 1440 g/mol. The Morgan fingerprint density at radius 2 is 1.32 bits per heavy atom. The first-order valence-corrected chi connectivity index (χ1v) is 35.1. The van der Waals surface area contributed by atoms with Crippen LogP contribution < -0.4 is 15.4 Å². The summed E-state index contributed by atoms with van der Waals surface area (Å²) in [6.45, 7) is 8.75. The summed E-state index contributed by atoms with van der Waals surface area (Å²) in [5.41, 5.74) is 2.26. The molecular weight excluding hydrogens is 1350 g/mol. The number of carbonyl (C=O) groups excluding carboxylic acids is 5. The number of methoxy groups -OCH3 is 2. The van der Waals surface area contributed by atoms with E-state index >= 15 is 0 Å². The van der Waals surface area contributed by atoms with E-state index in [2.05, 4.69) is 51.6 Å². The first kappa shape index (κ1) is 77.9. The first-order chi connectivity index (χ1) is 48.7. The highest BCUT2D eigenvalue weighted by molar-refractivity contribution is 6.33. The molecule has 0 radical (unpaired) electrons. The summed E-state index contributed by atoms with van der Waals surface area (Å²) < 4.78 is 117. The second kappa shape index (κ2) is 35.3. The van der Waals surface area contributed by atoms with Gasteiger partial charge in [-0.05, 0) is 142 Å². The third kappa shape index (κ3) is 20.1. The molecule has 1 spiro atoms. The number of ether oxygens (including phenoxy) is 4. The zero-order valence-electron chi connectivity index (χ0n) is 58.7. The molecule has 0 unspecified atom stereocenters. The number of hydrogen-bond donors (Lipinski definition) is 2. The Morgan fingerprint density at radius 1 is 0.686 bits per heavy atom. The second-order valence-electron chi connectivity index (χ2n) is 27.0. The highest BCUT2D eigenvalue weighted by atomic mass is 35.5. The molecule has 2 atom stereocenters. The van der Waals surface area contributed by atoms with Crippen molar-refractivity contribution in [3.8, 4) is 16.9 Å². The van der Waals surface area contributed by atoms with E-state index in [9.17, 15) is 54.7 Å². The number of alkyl halides is 6. The number of fused-ring (bicyclic) bond motifs is 2. The number of unbranched alkanes of at least 4 members (excludes halogenated alkanes) is 2. The van der Waals surface area contributed by atoms with Crippen molar-refractivity contribution < 1.29 is 73.7 Å². The molecular formula is C77H92ClF7N8O9. The molecule has 5 amide bonds. The number of halogens is 8. The minimum absolute atomic E-state index is 0.00621. The zero-order valence-corrected chi connectivity index (χ0v) is 59.5. The molecule has 550 valence electrons. The number of piperidine rings is 2. The molecule has 4 aliphatic rings. The topological polar surface area (TPSA) is 166 Å². The van der Waals surface area contributed by atoms with E-state index in [1.807, 2.05) is 61.6 Å². The minimum atomic E-state index is -5.08. The summed E-state index contributed by atoms with van der Waals surface area (Å²) in [4.78, 5) is 74.8. The van der Waals surface area contributed by atoms with Crippen molar-refractivity contribution in [1.82, 2.24) is 29.4 Å². The van der Waals surface area contributed by atoms with Crippen molar-refractivity contribution >= 4 is 52.7 Å². The molecule has 3 heterocycles. The summed E-state index contributed by atoms with van der Waals surface area (Å²) >= 11 is 6.58. The number of nitrogens with one attached hydrogen (secondary N) is 2. The molecule has 0 saturated carbocycles. The third-order valence-electron chi connectivity index (χ3n) is 20.2. The fourth-order valence-electron chi connectivity index (χ4n) is 14.1. The summed E-state index contributed by atoms with van der Waals surface area (Å²) in [5.74, 6) is -0.758. The molecule has 3 fully saturated rings. The van der Waals surface area contributed by atoms with Crippen molar-refractivity contribution in [3.05, 3.63) is 183 Å². The van der Waals surface area contributed by atoms with Crippen LogP contribution in [0.4, 0.5) is 46.9 Å². The number of nitrogens with zero attached hydrogens (tertiary/aromatic N) is 6. The number of anilines is 2. The average molecular weight is 1440 g/mol. The molecule has 2 N–H and O–H groups in total. The molecule has 17 nitrogen and oxygen atoms in total. The molecule has 0 bridgehead atoms. The summed E-state index contributed by atoms with van der Waals surface area (Å²) in [7, 11) is 8.26. The molecule has 6 aromatic carbocycles. The Balaban J connectivity index is 0.000000243. The van der Waals surface area contributed by atoms with Crippen LogP contribution in [0, 0.1) is 11.7 Å². The van der Waals surface area contributed by atoms with Crippen LogP contribution in [0.2, 0.25) is 5.02 Å². The summed E-state index contributed by atoms with van der Waals surface area (Å²) in [6, 6.07) is 36.0. The molecule has 3 saturated heterocycles.